The minimum absolute atomic E-state index is 0.166. The van der Waals surface area contributed by atoms with Crippen LogP contribution in [0.5, 0.6) is 11.5 Å². The predicted octanol–water partition coefficient (Wildman–Crippen LogP) is 5.75. The molecular formula is C29H24Cl2N2O5S2. The van der Waals surface area contributed by atoms with Crippen molar-refractivity contribution in [1.82, 2.24) is 4.57 Å². The van der Waals surface area contributed by atoms with Gasteiger partial charge in [0.1, 0.15) is 12.6 Å². The van der Waals surface area contributed by atoms with Crippen LogP contribution < -0.4 is 24.4 Å². The van der Waals surface area contributed by atoms with Crippen LogP contribution in [0.4, 0.5) is 0 Å². The quantitative estimate of drug-likeness (QED) is 0.236. The first-order chi connectivity index (χ1) is 19.3. The molecule has 206 valence electrons. The summed E-state index contributed by atoms with van der Waals surface area (Å²) in [7, 11) is 1.55. The summed E-state index contributed by atoms with van der Waals surface area (Å²) in [5.41, 5.74) is 2.00. The predicted molar refractivity (Wildman–Crippen MR) is 159 cm³/mol. The van der Waals surface area contributed by atoms with Crippen LogP contribution in [-0.2, 0) is 16.1 Å². The van der Waals surface area contributed by atoms with Gasteiger partial charge in [-0.3, -0.25) is 9.36 Å². The lowest BCUT2D eigenvalue weighted by Crippen LogP contribution is -2.39. The number of rotatable bonds is 8. The summed E-state index contributed by atoms with van der Waals surface area (Å²) < 4.78 is 19.1. The highest BCUT2D eigenvalue weighted by molar-refractivity contribution is 7.10. The van der Waals surface area contributed by atoms with Crippen LogP contribution in [0.25, 0.3) is 6.08 Å². The van der Waals surface area contributed by atoms with Crippen LogP contribution >= 0.6 is 45.9 Å². The number of halogens is 2. The third kappa shape index (κ3) is 5.47. The molecule has 1 aliphatic heterocycles. The second kappa shape index (κ2) is 12.0. The summed E-state index contributed by atoms with van der Waals surface area (Å²) in [6.45, 7) is 3.90. The van der Waals surface area contributed by atoms with Crippen LogP contribution in [0.2, 0.25) is 10.0 Å². The van der Waals surface area contributed by atoms with Crippen LogP contribution in [0.3, 0.4) is 0 Å². The molecule has 0 bridgehead atoms. The van der Waals surface area contributed by atoms with Crippen LogP contribution in [0.15, 0.2) is 75.0 Å². The SMILES string of the molecule is CCOC(=O)C1=C(C)N=c2s/c(=C\c3cccc(OC)c3OCc3ccc(Cl)cc3Cl)c(=O)n2[C@H]1c1cccs1. The maximum Gasteiger partial charge on any atom is 0.338 e. The molecule has 0 fully saturated rings. The Morgan fingerprint density at radius 1 is 1.18 bits per heavy atom. The molecule has 3 heterocycles. The number of fused-ring (bicyclic) bond motifs is 1. The molecule has 0 radical (unpaired) electrons. The van der Waals surface area contributed by atoms with Gasteiger partial charge in [0, 0.05) is 26.0 Å². The molecule has 1 aliphatic rings. The van der Waals surface area contributed by atoms with Crippen LogP contribution in [0, 0.1) is 0 Å². The average Bonchev–Trinajstić information content (AvgIpc) is 3.56. The molecule has 0 saturated heterocycles. The number of hydrogen-bond acceptors (Lipinski definition) is 8. The van der Waals surface area contributed by atoms with E-state index in [0.29, 0.717) is 47.7 Å². The highest BCUT2D eigenvalue weighted by atomic mass is 35.5. The molecule has 0 saturated carbocycles. The lowest BCUT2D eigenvalue weighted by molar-refractivity contribution is -0.139. The maximum atomic E-state index is 13.9. The molecule has 7 nitrogen and oxygen atoms in total. The van der Waals surface area contributed by atoms with Gasteiger partial charge in [0.15, 0.2) is 16.3 Å². The van der Waals surface area contributed by atoms with E-state index in [1.807, 2.05) is 29.6 Å². The number of esters is 1. The van der Waals surface area contributed by atoms with Gasteiger partial charge in [-0.15, -0.1) is 11.3 Å². The number of allylic oxidation sites excluding steroid dienone is 1. The zero-order valence-corrected chi connectivity index (χ0v) is 24.9. The van der Waals surface area contributed by atoms with E-state index >= 15 is 0 Å². The van der Waals surface area contributed by atoms with Crippen molar-refractivity contribution in [3.63, 3.8) is 0 Å². The number of carbonyl (C=O) groups is 1. The van der Waals surface area contributed by atoms with Crippen molar-refractivity contribution in [3.05, 3.63) is 111 Å². The van der Waals surface area contributed by atoms with E-state index in [0.717, 1.165) is 10.4 Å². The Hall–Kier alpha value is -3.37. The highest BCUT2D eigenvalue weighted by Gasteiger charge is 2.34. The van der Waals surface area contributed by atoms with Crippen molar-refractivity contribution < 1.29 is 19.0 Å². The van der Waals surface area contributed by atoms with E-state index < -0.39 is 12.0 Å². The second-order valence-corrected chi connectivity index (χ2v) is 11.6. The fraction of sp³-hybridized carbons (Fsp3) is 0.207. The first-order valence-electron chi connectivity index (χ1n) is 12.3. The first kappa shape index (κ1) is 28.2. The van der Waals surface area contributed by atoms with Crippen molar-refractivity contribution in [1.29, 1.82) is 0 Å². The Balaban J connectivity index is 1.61. The van der Waals surface area contributed by atoms with Gasteiger partial charge in [-0.2, -0.15) is 0 Å². The number of thiazole rings is 1. The molecule has 40 heavy (non-hydrogen) atoms. The molecular weight excluding hydrogens is 591 g/mol. The molecule has 0 spiro atoms. The highest BCUT2D eigenvalue weighted by Crippen LogP contribution is 2.35. The lowest BCUT2D eigenvalue weighted by Gasteiger charge is -2.23. The molecule has 0 amide bonds. The van der Waals surface area contributed by atoms with E-state index in [1.54, 1.807) is 55.9 Å². The third-order valence-corrected chi connectivity index (χ3v) is 8.73. The fourth-order valence-electron chi connectivity index (χ4n) is 4.40. The molecule has 0 N–H and O–H groups in total. The normalized spacial score (nSPS) is 15.0. The number of benzene rings is 2. The number of para-hydroxylation sites is 1. The summed E-state index contributed by atoms with van der Waals surface area (Å²) in [4.78, 5) is 32.8. The van der Waals surface area contributed by atoms with Crippen molar-refractivity contribution in [2.45, 2.75) is 26.5 Å². The van der Waals surface area contributed by atoms with Gasteiger partial charge in [-0.25, -0.2) is 9.79 Å². The zero-order chi connectivity index (χ0) is 28.4. The standard InChI is InChI=1S/C29H24Cl2N2O5S2/c1-4-37-28(35)24-16(2)32-29-33(25(24)22-9-6-12-39-22)27(34)23(40-29)13-17-7-5-8-21(36-3)26(17)38-15-18-10-11-19(30)14-20(18)31/h5-14,25H,4,15H2,1-3H3/b23-13-/t25-/m0/s1. The number of nitrogens with zero attached hydrogens (tertiary/aromatic N) is 2. The van der Waals surface area contributed by atoms with Crippen molar-refractivity contribution in [3.8, 4) is 11.5 Å². The monoisotopic (exact) mass is 614 g/mol. The van der Waals surface area contributed by atoms with E-state index in [2.05, 4.69) is 4.99 Å². The van der Waals surface area contributed by atoms with Crippen molar-refractivity contribution in [2.24, 2.45) is 4.99 Å². The summed E-state index contributed by atoms with van der Waals surface area (Å²) in [6.07, 6.45) is 1.75. The molecule has 2 aromatic heterocycles. The Morgan fingerprint density at radius 3 is 2.70 bits per heavy atom. The van der Waals surface area contributed by atoms with Crippen LogP contribution in [-0.4, -0.2) is 24.3 Å². The van der Waals surface area contributed by atoms with Crippen LogP contribution in [0.1, 0.15) is 35.9 Å². The molecule has 1 atom stereocenters. The van der Waals surface area contributed by atoms with E-state index in [-0.39, 0.29) is 18.8 Å². The smallest absolute Gasteiger partial charge is 0.338 e. The number of aromatic nitrogens is 1. The van der Waals surface area contributed by atoms with E-state index in [1.165, 1.54) is 22.7 Å². The summed E-state index contributed by atoms with van der Waals surface area (Å²) >= 11 is 15.1. The van der Waals surface area contributed by atoms with Gasteiger partial charge in [0.05, 0.1) is 29.5 Å². The van der Waals surface area contributed by atoms with Gasteiger partial charge in [-0.05, 0) is 49.6 Å². The maximum absolute atomic E-state index is 13.9. The summed E-state index contributed by atoms with van der Waals surface area (Å²) in [6, 6.07) is 13.8. The lowest BCUT2D eigenvalue weighted by atomic mass is 10.0. The van der Waals surface area contributed by atoms with Crippen molar-refractivity contribution in [2.75, 3.05) is 13.7 Å². The molecule has 11 heteroatoms. The number of ether oxygens (including phenoxy) is 3. The topological polar surface area (TPSA) is 79.1 Å². The molecule has 4 aromatic rings. The minimum Gasteiger partial charge on any atom is -0.493 e. The van der Waals surface area contributed by atoms with Crippen molar-refractivity contribution >= 4 is 57.9 Å². The molecule has 5 rings (SSSR count). The second-order valence-electron chi connectivity index (χ2n) is 8.72. The molecule has 0 aliphatic carbocycles. The van der Waals surface area contributed by atoms with E-state index in [9.17, 15) is 9.59 Å². The summed E-state index contributed by atoms with van der Waals surface area (Å²) in [5, 5.41) is 2.93. The van der Waals surface area contributed by atoms with Gasteiger partial charge >= 0.3 is 5.97 Å². The Kier molecular flexibility index (Phi) is 8.46. The fourth-order valence-corrected chi connectivity index (χ4v) is 6.72. The number of methoxy groups -OCH3 is 1. The van der Waals surface area contributed by atoms with Gasteiger partial charge in [0.2, 0.25) is 0 Å². The molecule has 2 aromatic carbocycles. The largest absolute Gasteiger partial charge is 0.493 e. The van der Waals surface area contributed by atoms with Gasteiger partial charge in [-0.1, -0.05) is 58.8 Å². The van der Waals surface area contributed by atoms with E-state index in [4.69, 9.17) is 37.4 Å². The zero-order valence-electron chi connectivity index (χ0n) is 21.8. The minimum atomic E-state index is -0.634. The average molecular weight is 616 g/mol. The first-order valence-corrected chi connectivity index (χ1v) is 14.7. The molecule has 0 unspecified atom stereocenters. The number of hydrogen-bond donors (Lipinski definition) is 0. The Bertz CT molecular complexity index is 1790. The summed E-state index contributed by atoms with van der Waals surface area (Å²) in [5.74, 6) is 0.476. The number of carbonyl (C=O) groups excluding carboxylic acids is 1. The van der Waals surface area contributed by atoms with Gasteiger partial charge in [0.25, 0.3) is 5.56 Å². The number of thiophene rings is 1. The Labute approximate surface area is 248 Å². The van der Waals surface area contributed by atoms with Gasteiger partial charge < -0.3 is 14.2 Å². The Morgan fingerprint density at radius 2 is 2.00 bits per heavy atom. The third-order valence-electron chi connectivity index (χ3n) is 6.23.